The summed E-state index contributed by atoms with van der Waals surface area (Å²) < 4.78 is 0. The minimum atomic E-state index is -2.07. The van der Waals surface area contributed by atoms with Crippen molar-refractivity contribution in [2.45, 2.75) is 59.4 Å². The second-order valence-corrected chi connectivity index (χ2v) is 5.04. The monoisotopic (exact) mass is 269 g/mol. The minimum Gasteiger partial charge on any atom is -0.312 e. The van der Waals surface area contributed by atoms with Crippen LogP contribution < -0.4 is 5.73 Å². The highest BCUT2D eigenvalue weighted by Gasteiger charge is 2.61. The van der Waals surface area contributed by atoms with Crippen LogP contribution in [-0.2, 0) is 19.2 Å². The van der Waals surface area contributed by atoms with Gasteiger partial charge < -0.3 is 5.73 Å². The maximum absolute atomic E-state index is 12.1. The van der Waals surface area contributed by atoms with E-state index in [1.54, 1.807) is 0 Å². The standard InChI is InChI=1S/C14H23NO4/c1-6-7-8-13(9(2)16,10(3)17)14(15,11(4)18)12(5)19/h6-8,15H2,1-5H3. The first kappa shape index (κ1) is 17.6. The van der Waals surface area contributed by atoms with E-state index in [1.807, 2.05) is 6.92 Å². The Balaban J connectivity index is 6.21. The van der Waals surface area contributed by atoms with Gasteiger partial charge in [-0.2, -0.15) is 0 Å². The molecule has 0 radical (unpaired) electrons. The molecule has 0 rings (SSSR count). The lowest BCUT2D eigenvalue weighted by Gasteiger charge is -2.42. The fraction of sp³-hybridized carbons (Fsp3) is 0.714. The molecule has 0 amide bonds. The van der Waals surface area contributed by atoms with Gasteiger partial charge in [-0.25, -0.2) is 0 Å². The first-order chi connectivity index (χ1) is 8.58. The molecule has 0 spiro atoms. The van der Waals surface area contributed by atoms with Gasteiger partial charge in [0.2, 0.25) is 0 Å². The number of hydrogen-bond donors (Lipinski definition) is 1. The van der Waals surface area contributed by atoms with Crippen molar-refractivity contribution in [1.29, 1.82) is 0 Å². The van der Waals surface area contributed by atoms with Crippen molar-refractivity contribution < 1.29 is 19.2 Å². The van der Waals surface area contributed by atoms with Crippen molar-refractivity contribution >= 4 is 23.1 Å². The molecule has 0 saturated carbocycles. The number of ketones is 4. The molecular formula is C14H23NO4. The van der Waals surface area contributed by atoms with Crippen LogP contribution in [0, 0.1) is 5.41 Å². The number of carbonyl (C=O) groups is 4. The smallest absolute Gasteiger partial charge is 0.158 e. The summed E-state index contributed by atoms with van der Waals surface area (Å²) in [7, 11) is 0. The molecule has 0 fully saturated rings. The first-order valence-corrected chi connectivity index (χ1v) is 6.42. The molecule has 2 N–H and O–H groups in total. The Bertz CT molecular complexity index is 384. The van der Waals surface area contributed by atoms with E-state index in [0.717, 1.165) is 20.3 Å². The van der Waals surface area contributed by atoms with Gasteiger partial charge in [0, 0.05) is 0 Å². The molecule has 0 aromatic heterocycles. The Morgan fingerprint density at radius 3 is 1.42 bits per heavy atom. The van der Waals surface area contributed by atoms with E-state index in [-0.39, 0.29) is 6.42 Å². The Morgan fingerprint density at radius 1 is 0.842 bits per heavy atom. The first-order valence-electron chi connectivity index (χ1n) is 6.42. The molecule has 0 aliphatic rings. The molecule has 0 aromatic carbocycles. The van der Waals surface area contributed by atoms with E-state index >= 15 is 0 Å². The maximum atomic E-state index is 12.1. The summed E-state index contributed by atoms with van der Waals surface area (Å²) in [5, 5.41) is 0. The van der Waals surface area contributed by atoms with Crippen molar-refractivity contribution in [3.8, 4) is 0 Å². The van der Waals surface area contributed by atoms with Gasteiger partial charge in [-0.05, 0) is 34.1 Å². The average molecular weight is 269 g/mol. The zero-order valence-corrected chi connectivity index (χ0v) is 12.3. The van der Waals surface area contributed by atoms with Crippen molar-refractivity contribution in [1.82, 2.24) is 0 Å². The molecule has 0 aromatic rings. The van der Waals surface area contributed by atoms with Gasteiger partial charge in [0.25, 0.3) is 0 Å². The SMILES string of the molecule is CCCCC(C(C)=O)(C(C)=O)C(N)(C(C)=O)C(C)=O. The van der Waals surface area contributed by atoms with E-state index in [4.69, 9.17) is 5.73 Å². The Hall–Kier alpha value is -1.36. The largest absolute Gasteiger partial charge is 0.312 e. The van der Waals surface area contributed by atoms with Crippen molar-refractivity contribution in [2.75, 3.05) is 0 Å². The average Bonchev–Trinajstić information content (AvgIpc) is 2.27. The molecule has 5 nitrogen and oxygen atoms in total. The van der Waals surface area contributed by atoms with Crippen molar-refractivity contribution in [2.24, 2.45) is 11.1 Å². The van der Waals surface area contributed by atoms with Crippen LogP contribution in [0.4, 0.5) is 0 Å². The lowest BCUT2D eigenvalue weighted by molar-refractivity contribution is -0.155. The number of rotatable bonds is 8. The van der Waals surface area contributed by atoms with E-state index in [0.29, 0.717) is 6.42 Å². The highest BCUT2D eigenvalue weighted by molar-refractivity contribution is 6.22. The topological polar surface area (TPSA) is 94.3 Å². The van der Waals surface area contributed by atoms with Crippen molar-refractivity contribution in [3.05, 3.63) is 0 Å². The van der Waals surface area contributed by atoms with Gasteiger partial charge >= 0.3 is 0 Å². The number of nitrogens with two attached hydrogens (primary N) is 1. The quantitative estimate of drug-likeness (QED) is 0.668. The highest BCUT2D eigenvalue weighted by Crippen LogP contribution is 2.39. The van der Waals surface area contributed by atoms with E-state index in [9.17, 15) is 19.2 Å². The second kappa shape index (κ2) is 6.19. The Labute approximate surface area is 113 Å². The molecule has 0 saturated heterocycles. The van der Waals surface area contributed by atoms with Crippen LogP contribution in [0.5, 0.6) is 0 Å². The molecule has 19 heavy (non-hydrogen) atoms. The second-order valence-electron chi connectivity index (χ2n) is 5.04. The van der Waals surface area contributed by atoms with Crippen LogP contribution in [0.3, 0.4) is 0 Å². The van der Waals surface area contributed by atoms with Crippen LogP contribution in [0.2, 0.25) is 0 Å². The van der Waals surface area contributed by atoms with Crippen LogP contribution in [0.25, 0.3) is 0 Å². The molecule has 0 unspecified atom stereocenters. The summed E-state index contributed by atoms with van der Waals surface area (Å²) in [6, 6.07) is 0. The van der Waals surface area contributed by atoms with Crippen LogP contribution in [0.1, 0.15) is 53.9 Å². The van der Waals surface area contributed by atoms with Gasteiger partial charge in [0.15, 0.2) is 17.1 Å². The normalized spacial score (nSPS) is 12.1. The van der Waals surface area contributed by atoms with Crippen LogP contribution in [-0.4, -0.2) is 28.7 Å². The fourth-order valence-electron chi connectivity index (χ4n) is 2.64. The van der Waals surface area contributed by atoms with Gasteiger partial charge in [-0.3, -0.25) is 19.2 Å². The third kappa shape index (κ3) is 2.66. The highest BCUT2D eigenvalue weighted by atomic mass is 16.2. The van der Waals surface area contributed by atoms with Crippen molar-refractivity contribution in [3.63, 3.8) is 0 Å². The summed E-state index contributed by atoms with van der Waals surface area (Å²) in [5.41, 5.74) is 2.15. The molecule has 0 heterocycles. The van der Waals surface area contributed by atoms with Gasteiger partial charge in [0.1, 0.15) is 17.0 Å². The fourth-order valence-corrected chi connectivity index (χ4v) is 2.64. The van der Waals surface area contributed by atoms with E-state index in [2.05, 4.69) is 0 Å². The molecule has 0 bridgehead atoms. The third-order valence-corrected chi connectivity index (χ3v) is 3.89. The van der Waals surface area contributed by atoms with E-state index < -0.39 is 34.1 Å². The molecular weight excluding hydrogens is 246 g/mol. The molecule has 0 aliphatic carbocycles. The number of hydrogen-bond acceptors (Lipinski definition) is 5. The van der Waals surface area contributed by atoms with Gasteiger partial charge in [0.05, 0.1) is 0 Å². The summed E-state index contributed by atoms with van der Waals surface area (Å²) in [6.45, 7) is 6.61. The summed E-state index contributed by atoms with van der Waals surface area (Å²) in [5.74, 6) is -2.36. The number of unbranched alkanes of at least 4 members (excludes halogenated alkanes) is 1. The lowest BCUT2D eigenvalue weighted by Crippen LogP contribution is -2.69. The zero-order valence-electron chi connectivity index (χ0n) is 12.3. The van der Waals surface area contributed by atoms with Crippen LogP contribution >= 0.6 is 0 Å². The van der Waals surface area contributed by atoms with Gasteiger partial charge in [-0.15, -0.1) is 0 Å². The number of Topliss-reactive ketones (excluding diaryl/α,β-unsaturated/α-hetero) is 4. The van der Waals surface area contributed by atoms with E-state index in [1.165, 1.54) is 13.8 Å². The summed E-state index contributed by atoms with van der Waals surface area (Å²) >= 11 is 0. The molecule has 108 valence electrons. The number of carbonyl (C=O) groups excluding carboxylic acids is 4. The summed E-state index contributed by atoms with van der Waals surface area (Å²) in [6.07, 6.45) is 1.39. The van der Waals surface area contributed by atoms with Gasteiger partial charge in [-0.1, -0.05) is 19.8 Å². The molecule has 0 atom stereocenters. The van der Waals surface area contributed by atoms with Crippen LogP contribution in [0.15, 0.2) is 0 Å². The predicted octanol–water partition coefficient (Wildman–Crippen LogP) is 1.22. The predicted molar refractivity (Wildman–Crippen MR) is 71.6 cm³/mol. The Morgan fingerprint density at radius 2 is 1.21 bits per heavy atom. The zero-order chi connectivity index (χ0) is 15.4. The summed E-state index contributed by atoms with van der Waals surface area (Å²) in [4.78, 5) is 47.9. The third-order valence-electron chi connectivity index (χ3n) is 3.89. The molecule has 0 aliphatic heterocycles. The maximum Gasteiger partial charge on any atom is 0.158 e. The lowest BCUT2D eigenvalue weighted by atomic mass is 9.59. The minimum absolute atomic E-state index is 0.115. The Kier molecular flexibility index (Phi) is 5.75. The molecule has 5 heteroatoms.